The SMILES string of the molecule is CCN(CCCNc1c(C(C)C)cccc1C(C)C)c1ccccc1. The van der Waals surface area contributed by atoms with Gasteiger partial charge < -0.3 is 10.2 Å². The molecule has 0 atom stereocenters. The number of anilines is 2. The molecule has 2 heteroatoms. The molecule has 0 aromatic heterocycles. The van der Waals surface area contributed by atoms with E-state index in [1.807, 2.05) is 0 Å². The molecule has 25 heavy (non-hydrogen) atoms. The number of nitrogens with one attached hydrogen (secondary N) is 1. The molecular weight excluding hydrogens is 304 g/mol. The fourth-order valence-corrected chi connectivity index (χ4v) is 3.35. The van der Waals surface area contributed by atoms with E-state index >= 15 is 0 Å². The highest BCUT2D eigenvalue weighted by atomic mass is 15.1. The van der Waals surface area contributed by atoms with Crippen molar-refractivity contribution in [1.29, 1.82) is 0 Å². The zero-order valence-corrected chi connectivity index (χ0v) is 16.5. The molecule has 2 nitrogen and oxygen atoms in total. The maximum atomic E-state index is 3.75. The third-order valence-electron chi connectivity index (χ3n) is 4.78. The van der Waals surface area contributed by atoms with Crippen LogP contribution in [0.5, 0.6) is 0 Å². The van der Waals surface area contributed by atoms with E-state index in [2.05, 4.69) is 93.4 Å². The monoisotopic (exact) mass is 338 g/mol. The molecule has 0 radical (unpaired) electrons. The predicted octanol–water partition coefficient (Wildman–Crippen LogP) is 6.26. The van der Waals surface area contributed by atoms with Crippen molar-refractivity contribution in [3.8, 4) is 0 Å². The quantitative estimate of drug-likeness (QED) is 0.543. The van der Waals surface area contributed by atoms with Crippen LogP contribution in [0.4, 0.5) is 11.4 Å². The van der Waals surface area contributed by atoms with Crippen LogP contribution in [-0.2, 0) is 0 Å². The second-order valence-electron chi connectivity index (χ2n) is 7.32. The lowest BCUT2D eigenvalue weighted by Gasteiger charge is -2.24. The Hall–Kier alpha value is -1.96. The molecule has 2 rings (SSSR count). The number of benzene rings is 2. The van der Waals surface area contributed by atoms with Crippen LogP contribution in [0.3, 0.4) is 0 Å². The third-order valence-corrected chi connectivity index (χ3v) is 4.78. The van der Waals surface area contributed by atoms with Crippen LogP contribution in [0.2, 0.25) is 0 Å². The zero-order chi connectivity index (χ0) is 18.2. The summed E-state index contributed by atoms with van der Waals surface area (Å²) in [7, 11) is 0. The van der Waals surface area contributed by atoms with Gasteiger partial charge in [-0.2, -0.15) is 0 Å². The normalized spacial score (nSPS) is 11.2. The van der Waals surface area contributed by atoms with Gasteiger partial charge >= 0.3 is 0 Å². The molecule has 2 aromatic rings. The van der Waals surface area contributed by atoms with Gasteiger partial charge in [-0.05, 0) is 48.4 Å². The summed E-state index contributed by atoms with van der Waals surface area (Å²) in [6.45, 7) is 14.5. The Morgan fingerprint density at radius 3 is 1.96 bits per heavy atom. The molecule has 0 amide bonds. The van der Waals surface area contributed by atoms with Crippen LogP contribution in [-0.4, -0.2) is 19.6 Å². The molecule has 0 aliphatic heterocycles. The summed E-state index contributed by atoms with van der Waals surface area (Å²) in [5, 5.41) is 3.75. The van der Waals surface area contributed by atoms with Crippen LogP contribution < -0.4 is 10.2 Å². The third kappa shape index (κ3) is 5.26. The van der Waals surface area contributed by atoms with E-state index in [0.717, 1.165) is 26.1 Å². The van der Waals surface area contributed by atoms with Crippen molar-refractivity contribution in [1.82, 2.24) is 0 Å². The molecule has 0 heterocycles. The molecule has 0 saturated heterocycles. The van der Waals surface area contributed by atoms with Crippen molar-refractivity contribution in [2.75, 3.05) is 29.9 Å². The molecule has 0 aliphatic rings. The smallest absolute Gasteiger partial charge is 0.0410 e. The molecule has 0 unspecified atom stereocenters. The van der Waals surface area contributed by atoms with E-state index in [1.165, 1.54) is 22.5 Å². The Balaban J connectivity index is 1.99. The van der Waals surface area contributed by atoms with Crippen molar-refractivity contribution in [3.05, 3.63) is 59.7 Å². The highest BCUT2D eigenvalue weighted by Gasteiger charge is 2.13. The largest absolute Gasteiger partial charge is 0.385 e. The summed E-state index contributed by atoms with van der Waals surface area (Å²) in [6.07, 6.45) is 1.13. The first-order valence-corrected chi connectivity index (χ1v) is 9.71. The first-order chi connectivity index (χ1) is 12.0. The number of rotatable bonds is 9. The molecule has 0 saturated carbocycles. The van der Waals surface area contributed by atoms with Crippen LogP contribution in [0.15, 0.2) is 48.5 Å². The van der Waals surface area contributed by atoms with E-state index in [1.54, 1.807) is 0 Å². The minimum atomic E-state index is 0.539. The zero-order valence-electron chi connectivity index (χ0n) is 16.5. The number of hydrogen-bond acceptors (Lipinski definition) is 2. The highest BCUT2D eigenvalue weighted by Crippen LogP contribution is 2.32. The van der Waals surface area contributed by atoms with Gasteiger partial charge in [-0.25, -0.2) is 0 Å². The fraction of sp³-hybridized carbons (Fsp3) is 0.478. The minimum absolute atomic E-state index is 0.539. The molecule has 0 spiro atoms. The Labute approximate surface area is 154 Å². The summed E-state index contributed by atoms with van der Waals surface area (Å²) < 4.78 is 0. The average molecular weight is 339 g/mol. The number of nitrogens with zero attached hydrogens (tertiary/aromatic N) is 1. The fourth-order valence-electron chi connectivity index (χ4n) is 3.35. The number of para-hydroxylation sites is 2. The topological polar surface area (TPSA) is 15.3 Å². The lowest BCUT2D eigenvalue weighted by molar-refractivity contribution is 0.763. The lowest BCUT2D eigenvalue weighted by Crippen LogP contribution is -2.25. The van der Waals surface area contributed by atoms with Crippen molar-refractivity contribution < 1.29 is 0 Å². The van der Waals surface area contributed by atoms with Crippen molar-refractivity contribution in [3.63, 3.8) is 0 Å². The van der Waals surface area contributed by atoms with Gasteiger partial charge in [-0.1, -0.05) is 64.1 Å². The van der Waals surface area contributed by atoms with Gasteiger partial charge in [0.25, 0.3) is 0 Å². The van der Waals surface area contributed by atoms with Gasteiger partial charge in [0, 0.05) is 31.0 Å². The predicted molar refractivity (Wildman–Crippen MR) is 112 cm³/mol. The van der Waals surface area contributed by atoms with Gasteiger partial charge in [-0.15, -0.1) is 0 Å². The second kappa shape index (κ2) is 9.50. The molecular formula is C23H34N2. The molecule has 0 bridgehead atoms. The summed E-state index contributed by atoms with van der Waals surface area (Å²) >= 11 is 0. The summed E-state index contributed by atoms with van der Waals surface area (Å²) in [5.41, 5.74) is 5.54. The van der Waals surface area contributed by atoms with Gasteiger partial charge in [0.1, 0.15) is 0 Å². The molecule has 1 N–H and O–H groups in total. The lowest BCUT2D eigenvalue weighted by atomic mass is 9.92. The summed E-state index contributed by atoms with van der Waals surface area (Å²) in [6, 6.07) is 17.4. The van der Waals surface area contributed by atoms with Crippen LogP contribution in [0, 0.1) is 0 Å². The van der Waals surface area contributed by atoms with E-state index in [9.17, 15) is 0 Å². The van der Waals surface area contributed by atoms with Gasteiger partial charge in [0.2, 0.25) is 0 Å². The molecule has 0 fully saturated rings. The van der Waals surface area contributed by atoms with E-state index in [0.29, 0.717) is 11.8 Å². The molecule has 0 aliphatic carbocycles. The van der Waals surface area contributed by atoms with Gasteiger partial charge in [-0.3, -0.25) is 0 Å². The summed E-state index contributed by atoms with van der Waals surface area (Å²) in [4.78, 5) is 2.44. The van der Waals surface area contributed by atoms with Crippen LogP contribution >= 0.6 is 0 Å². The molecule has 2 aromatic carbocycles. The average Bonchev–Trinajstić information content (AvgIpc) is 2.62. The van der Waals surface area contributed by atoms with Gasteiger partial charge in [0.15, 0.2) is 0 Å². The first kappa shape index (κ1) is 19.4. The standard InChI is InChI=1S/C23H34N2/c1-6-25(20-12-8-7-9-13-20)17-11-16-24-23-21(18(2)3)14-10-15-22(23)19(4)5/h7-10,12-15,18-19,24H,6,11,16-17H2,1-5H3. The van der Waals surface area contributed by atoms with Crippen molar-refractivity contribution in [2.24, 2.45) is 0 Å². The van der Waals surface area contributed by atoms with Crippen molar-refractivity contribution in [2.45, 2.75) is 52.9 Å². The summed E-state index contributed by atoms with van der Waals surface area (Å²) in [5.74, 6) is 1.08. The van der Waals surface area contributed by atoms with Crippen LogP contribution in [0.1, 0.15) is 64.0 Å². The maximum absolute atomic E-state index is 3.75. The maximum Gasteiger partial charge on any atom is 0.0410 e. The minimum Gasteiger partial charge on any atom is -0.385 e. The van der Waals surface area contributed by atoms with Crippen LogP contribution in [0.25, 0.3) is 0 Å². The van der Waals surface area contributed by atoms with Crippen molar-refractivity contribution >= 4 is 11.4 Å². The van der Waals surface area contributed by atoms with E-state index < -0.39 is 0 Å². The Morgan fingerprint density at radius 2 is 1.44 bits per heavy atom. The first-order valence-electron chi connectivity index (χ1n) is 9.71. The number of hydrogen-bond donors (Lipinski definition) is 1. The Morgan fingerprint density at radius 1 is 0.840 bits per heavy atom. The Bertz CT molecular complexity index is 606. The van der Waals surface area contributed by atoms with Gasteiger partial charge in [0.05, 0.1) is 0 Å². The Kier molecular flexibility index (Phi) is 7.36. The highest BCUT2D eigenvalue weighted by molar-refractivity contribution is 5.60. The van der Waals surface area contributed by atoms with E-state index in [-0.39, 0.29) is 0 Å². The molecule has 136 valence electrons. The second-order valence-corrected chi connectivity index (χ2v) is 7.32. The van der Waals surface area contributed by atoms with E-state index in [4.69, 9.17) is 0 Å².